The van der Waals surface area contributed by atoms with Gasteiger partial charge in [0.25, 0.3) is 0 Å². The predicted molar refractivity (Wildman–Crippen MR) is 92.3 cm³/mol. The second-order valence-electron chi connectivity index (χ2n) is 6.84. The van der Waals surface area contributed by atoms with Gasteiger partial charge in [-0.1, -0.05) is 35.5 Å². The van der Waals surface area contributed by atoms with Crippen molar-refractivity contribution >= 4 is 5.91 Å². The van der Waals surface area contributed by atoms with Crippen LogP contribution in [0.5, 0.6) is 0 Å². The maximum atomic E-state index is 12.3. The van der Waals surface area contributed by atoms with Crippen molar-refractivity contribution in [1.29, 1.82) is 0 Å². The van der Waals surface area contributed by atoms with E-state index in [1.54, 1.807) is 0 Å². The monoisotopic (exact) mass is 357 g/mol. The SMILES string of the molecule is O=C(C1CCOC1)N1CC(c2nc(CCOCc3ccccc3)no2)C1. The van der Waals surface area contributed by atoms with Crippen LogP contribution >= 0.6 is 0 Å². The van der Waals surface area contributed by atoms with Crippen LogP contribution in [0.25, 0.3) is 0 Å². The van der Waals surface area contributed by atoms with Gasteiger partial charge in [0.1, 0.15) is 0 Å². The Bertz CT molecular complexity index is 721. The normalized spacial score (nSPS) is 20.3. The number of carbonyl (C=O) groups excluding carboxylic acids is 1. The van der Waals surface area contributed by atoms with Crippen molar-refractivity contribution in [3.05, 3.63) is 47.6 Å². The summed E-state index contributed by atoms with van der Waals surface area (Å²) < 4.78 is 16.3. The third kappa shape index (κ3) is 3.94. The van der Waals surface area contributed by atoms with Crippen LogP contribution in [-0.2, 0) is 27.3 Å². The molecular formula is C19H23N3O4. The fourth-order valence-corrected chi connectivity index (χ4v) is 3.26. The van der Waals surface area contributed by atoms with Gasteiger partial charge in [0.15, 0.2) is 5.82 Å². The largest absolute Gasteiger partial charge is 0.381 e. The minimum atomic E-state index is 0.0240. The van der Waals surface area contributed by atoms with Gasteiger partial charge in [-0.25, -0.2) is 0 Å². The standard InChI is InChI=1S/C19H23N3O4/c23-19(15-6-8-25-13-15)22-10-16(11-22)18-20-17(21-26-18)7-9-24-12-14-4-2-1-3-5-14/h1-5,15-16H,6-13H2. The minimum absolute atomic E-state index is 0.0240. The Balaban J connectivity index is 1.19. The molecule has 138 valence electrons. The zero-order valence-electron chi connectivity index (χ0n) is 14.7. The average molecular weight is 357 g/mol. The van der Waals surface area contributed by atoms with Crippen molar-refractivity contribution in [1.82, 2.24) is 15.0 Å². The molecule has 0 spiro atoms. The van der Waals surface area contributed by atoms with Gasteiger partial charge >= 0.3 is 0 Å². The van der Waals surface area contributed by atoms with E-state index in [0.29, 0.717) is 57.7 Å². The summed E-state index contributed by atoms with van der Waals surface area (Å²) in [6.45, 7) is 3.67. The highest BCUT2D eigenvalue weighted by molar-refractivity contribution is 5.80. The molecule has 7 nitrogen and oxygen atoms in total. The molecule has 7 heteroatoms. The molecule has 1 aromatic carbocycles. The van der Waals surface area contributed by atoms with Crippen molar-refractivity contribution in [3.63, 3.8) is 0 Å². The van der Waals surface area contributed by atoms with Gasteiger partial charge < -0.3 is 18.9 Å². The molecule has 2 aromatic rings. The van der Waals surface area contributed by atoms with Crippen molar-refractivity contribution < 1.29 is 18.8 Å². The Kier molecular flexibility index (Phi) is 5.26. The van der Waals surface area contributed by atoms with Gasteiger partial charge in [0, 0.05) is 26.1 Å². The van der Waals surface area contributed by atoms with Gasteiger partial charge in [0.2, 0.25) is 11.8 Å². The first-order chi connectivity index (χ1) is 12.8. The number of benzene rings is 1. The fourth-order valence-electron chi connectivity index (χ4n) is 3.26. The molecule has 4 rings (SSSR count). The van der Waals surface area contributed by atoms with Crippen LogP contribution in [0.2, 0.25) is 0 Å². The summed E-state index contributed by atoms with van der Waals surface area (Å²) in [5.41, 5.74) is 1.15. The van der Waals surface area contributed by atoms with Crippen LogP contribution in [0, 0.1) is 5.92 Å². The van der Waals surface area contributed by atoms with Crippen molar-refractivity contribution in [2.75, 3.05) is 32.9 Å². The molecule has 2 saturated heterocycles. The molecule has 1 unspecified atom stereocenters. The number of carbonyl (C=O) groups is 1. The predicted octanol–water partition coefficient (Wildman–Crippen LogP) is 1.79. The van der Waals surface area contributed by atoms with E-state index in [0.717, 1.165) is 12.0 Å². The third-order valence-corrected chi connectivity index (χ3v) is 4.89. The molecular weight excluding hydrogens is 334 g/mol. The number of hydrogen-bond acceptors (Lipinski definition) is 6. The molecule has 1 atom stereocenters. The quantitative estimate of drug-likeness (QED) is 0.703. The summed E-state index contributed by atoms with van der Waals surface area (Å²) in [5.74, 6) is 1.63. The lowest BCUT2D eigenvalue weighted by molar-refractivity contribution is -0.140. The lowest BCUT2D eigenvalue weighted by Gasteiger charge is -2.38. The molecule has 0 bridgehead atoms. The summed E-state index contributed by atoms with van der Waals surface area (Å²) in [7, 11) is 0. The van der Waals surface area contributed by atoms with Crippen molar-refractivity contribution in [2.24, 2.45) is 5.92 Å². The highest BCUT2D eigenvalue weighted by atomic mass is 16.5. The number of rotatable bonds is 7. The summed E-state index contributed by atoms with van der Waals surface area (Å²) in [6, 6.07) is 10.1. The molecule has 0 aliphatic carbocycles. The van der Waals surface area contributed by atoms with Crippen molar-refractivity contribution in [2.45, 2.75) is 25.4 Å². The highest BCUT2D eigenvalue weighted by Crippen LogP contribution is 2.28. The molecule has 2 aliphatic rings. The van der Waals surface area contributed by atoms with E-state index in [1.165, 1.54) is 0 Å². The van der Waals surface area contributed by atoms with E-state index in [-0.39, 0.29) is 17.7 Å². The molecule has 0 N–H and O–H groups in total. The zero-order valence-corrected chi connectivity index (χ0v) is 14.7. The van der Waals surface area contributed by atoms with Crippen LogP contribution in [0.4, 0.5) is 0 Å². The van der Waals surface area contributed by atoms with Gasteiger partial charge in [-0.15, -0.1) is 0 Å². The molecule has 2 fully saturated rings. The average Bonchev–Trinajstić information content (AvgIpc) is 3.30. The first-order valence-electron chi connectivity index (χ1n) is 9.10. The molecule has 1 amide bonds. The van der Waals surface area contributed by atoms with Gasteiger partial charge in [-0.2, -0.15) is 4.98 Å². The molecule has 1 aromatic heterocycles. The number of likely N-dealkylation sites (tertiary alicyclic amines) is 1. The number of hydrogen-bond donors (Lipinski definition) is 0. The Hall–Kier alpha value is -2.25. The summed E-state index contributed by atoms with van der Waals surface area (Å²) in [6.07, 6.45) is 1.44. The Morgan fingerprint density at radius 3 is 2.88 bits per heavy atom. The van der Waals surface area contributed by atoms with Crippen molar-refractivity contribution in [3.8, 4) is 0 Å². The summed E-state index contributed by atoms with van der Waals surface area (Å²) in [5, 5.41) is 4.02. The van der Waals surface area contributed by atoms with E-state index in [9.17, 15) is 4.79 Å². The van der Waals surface area contributed by atoms with E-state index < -0.39 is 0 Å². The van der Waals surface area contributed by atoms with E-state index in [4.69, 9.17) is 14.0 Å². The second kappa shape index (κ2) is 7.97. The smallest absolute Gasteiger partial charge is 0.233 e. The second-order valence-corrected chi connectivity index (χ2v) is 6.84. The maximum absolute atomic E-state index is 12.3. The van der Waals surface area contributed by atoms with Crippen LogP contribution in [0.1, 0.15) is 29.6 Å². The Morgan fingerprint density at radius 2 is 2.12 bits per heavy atom. The van der Waals surface area contributed by atoms with Crippen LogP contribution in [0.3, 0.4) is 0 Å². The number of aromatic nitrogens is 2. The van der Waals surface area contributed by atoms with Gasteiger partial charge in [0.05, 0.1) is 31.7 Å². The van der Waals surface area contributed by atoms with Crippen LogP contribution < -0.4 is 0 Å². The Morgan fingerprint density at radius 1 is 1.27 bits per heavy atom. The van der Waals surface area contributed by atoms with E-state index >= 15 is 0 Å². The van der Waals surface area contributed by atoms with E-state index in [1.807, 2.05) is 35.2 Å². The fraction of sp³-hybridized carbons (Fsp3) is 0.526. The molecule has 0 saturated carbocycles. The minimum Gasteiger partial charge on any atom is -0.381 e. The third-order valence-electron chi connectivity index (χ3n) is 4.89. The topological polar surface area (TPSA) is 77.7 Å². The summed E-state index contributed by atoms with van der Waals surface area (Å²) in [4.78, 5) is 18.6. The van der Waals surface area contributed by atoms with Crippen LogP contribution in [0.15, 0.2) is 34.9 Å². The lowest BCUT2D eigenvalue weighted by Crippen LogP contribution is -2.51. The number of nitrogens with zero attached hydrogens (tertiary/aromatic N) is 3. The van der Waals surface area contributed by atoms with Gasteiger partial charge in [-0.3, -0.25) is 4.79 Å². The van der Waals surface area contributed by atoms with Crippen LogP contribution in [-0.4, -0.2) is 53.9 Å². The first kappa shape index (κ1) is 17.2. The van der Waals surface area contributed by atoms with Gasteiger partial charge in [-0.05, 0) is 12.0 Å². The molecule has 2 aliphatic heterocycles. The maximum Gasteiger partial charge on any atom is 0.233 e. The first-order valence-corrected chi connectivity index (χ1v) is 9.10. The molecule has 3 heterocycles. The zero-order chi connectivity index (χ0) is 17.8. The number of amides is 1. The molecule has 0 radical (unpaired) electrons. The highest BCUT2D eigenvalue weighted by Gasteiger charge is 2.39. The number of ether oxygens (including phenoxy) is 2. The summed E-state index contributed by atoms with van der Waals surface area (Å²) >= 11 is 0. The van der Waals surface area contributed by atoms with E-state index in [2.05, 4.69) is 10.1 Å². The lowest BCUT2D eigenvalue weighted by atomic mass is 9.97. The molecule has 26 heavy (non-hydrogen) atoms. The Labute approximate surface area is 152 Å².